The average Bonchev–Trinajstić information content (AvgIpc) is 3.63. The van der Waals surface area contributed by atoms with Crippen molar-refractivity contribution >= 4 is 16.9 Å². The van der Waals surface area contributed by atoms with Gasteiger partial charge in [-0.15, -0.1) is 0 Å². The number of benzene rings is 7. The molecule has 2 aliphatic rings. The van der Waals surface area contributed by atoms with E-state index in [1.165, 1.54) is 61.2 Å². The summed E-state index contributed by atoms with van der Waals surface area (Å²) in [4.78, 5) is 2.32. The first-order chi connectivity index (χ1) is 26.4. The van der Waals surface area contributed by atoms with Gasteiger partial charge in [-0.25, -0.2) is 0 Å². The van der Waals surface area contributed by atoms with Crippen LogP contribution in [0.25, 0.3) is 27.8 Å². The molecule has 0 bridgehead atoms. The van der Waals surface area contributed by atoms with Gasteiger partial charge < -0.3 is 4.90 Å². The summed E-state index contributed by atoms with van der Waals surface area (Å²) in [6.07, 6.45) is 4.47. The lowest BCUT2D eigenvalue weighted by Gasteiger charge is -2.34. The molecular formula is C53H43N. The quantitative estimate of drug-likeness (QED) is 0.143. The molecular weight excluding hydrogens is 651 g/mol. The molecule has 1 nitrogen and oxygen atoms in total. The highest BCUT2D eigenvalue weighted by atomic mass is 15.1. The fourth-order valence-corrected chi connectivity index (χ4v) is 9.12. The lowest BCUT2D eigenvalue weighted by Crippen LogP contribution is -2.28. The van der Waals surface area contributed by atoms with Crippen LogP contribution in [0.2, 0.25) is 0 Å². The maximum Gasteiger partial charge on any atom is 0.0713 e. The second-order valence-corrected chi connectivity index (χ2v) is 15.0. The van der Waals surface area contributed by atoms with Crippen LogP contribution >= 0.6 is 0 Å². The van der Waals surface area contributed by atoms with Gasteiger partial charge in [0.25, 0.3) is 0 Å². The summed E-state index contributed by atoms with van der Waals surface area (Å²) in [6.45, 7) is 11.7. The van der Waals surface area contributed by atoms with Crippen molar-refractivity contribution in [1.29, 1.82) is 0 Å². The maximum atomic E-state index is 4.75. The Labute approximate surface area is 319 Å². The Morgan fingerprint density at radius 2 is 1.00 bits per heavy atom. The van der Waals surface area contributed by atoms with Crippen LogP contribution < -0.4 is 4.90 Å². The molecule has 0 fully saturated rings. The number of hydrogen-bond donors (Lipinski definition) is 0. The second kappa shape index (κ2) is 13.2. The number of hydrogen-bond acceptors (Lipinski definition) is 1. The third-order valence-electron chi connectivity index (χ3n) is 11.9. The molecule has 0 unspecified atom stereocenters. The summed E-state index contributed by atoms with van der Waals surface area (Å²) in [5.74, 6) is 0. The molecule has 0 aromatic heterocycles. The van der Waals surface area contributed by atoms with Gasteiger partial charge in [-0.2, -0.15) is 0 Å². The lowest BCUT2D eigenvalue weighted by atomic mass is 9.67. The molecule has 7 aromatic carbocycles. The van der Waals surface area contributed by atoms with Crippen LogP contribution in [-0.2, 0) is 10.8 Å². The van der Waals surface area contributed by atoms with E-state index in [4.69, 9.17) is 6.58 Å². The first-order valence-electron chi connectivity index (χ1n) is 18.9. The van der Waals surface area contributed by atoms with Crippen LogP contribution in [0, 0.1) is 0 Å². The lowest BCUT2D eigenvalue weighted by molar-refractivity contribution is 0.639. The summed E-state index contributed by atoms with van der Waals surface area (Å²) >= 11 is 0. The molecule has 2 aliphatic carbocycles. The molecule has 0 atom stereocenters. The van der Waals surface area contributed by atoms with Crippen LogP contribution in [0.3, 0.4) is 0 Å². The fourth-order valence-electron chi connectivity index (χ4n) is 9.12. The number of allylic oxidation sites excluding steroid dienone is 4. The first kappa shape index (κ1) is 33.4. The topological polar surface area (TPSA) is 3.24 Å². The number of nitrogens with zero attached hydrogens (tertiary/aromatic N) is 1. The Kier molecular flexibility index (Phi) is 8.17. The third-order valence-corrected chi connectivity index (χ3v) is 11.9. The Bertz CT molecular complexity index is 2550. The summed E-state index contributed by atoms with van der Waals surface area (Å²) in [7, 11) is 0. The Hall–Kier alpha value is -6.44. The summed E-state index contributed by atoms with van der Waals surface area (Å²) in [6, 6.07) is 66.2. The molecule has 260 valence electrons. The van der Waals surface area contributed by atoms with Gasteiger partial charge >= 0.3 is 0 Å². The largest absolute Gasteiger partial charge is 0.310 e. The molecule has 0 aliphatic heterocycles. The van der Waals surface area contributed by atoms with Gasteiger partial charge in [0.05, 0.1) is 11.1 Å². The van der Waals surface area contributed by atoms with Crippen molar-refractivity contribution in [3.05, 3.63) is 245 Å². The number of fused-ring (bicyclic) bond motifs is 4. The van der Waals surface area contributed by atoms with Crippen LogP contribution in [-0.4, -0.2) is 0 Å². The number of anilines is 2. The molecule has 0 radical (unpaired) electrons. The van der Waals surface area contributed by atoms with E-state index < -0.39 is 5.41 Å². The van der Waals surface area contributed by atoms with Crippen molar-refractivity contribution in [2.24, 2.45) is 0 Å². The second-order valence-electron chi connectivity index (χ2n) is 15.0. The minimum Gasteiger partial charge on any atom is -0.310 e. The van der Waals surface area contributed by atoms with Gasteiger partial charge in [0, 0.05) is 22.4 Å². The van der Waals surface area contributed by atoms with Gasteiger partial charge in [-0.05, 0) is 86.8 Å². The van der Waals surface area contributed by atoms with Crippen LogP contribution in [0.15, 0.2) is 212 Å². The summed E-state index contributed by atoms with van der Waals surface area (Å²) in [5.41, 5.74) is 17.9. The van der Waals surface area contributed by atoms with Gasteiger partial charge in [0.15, 0.2) is 0 Å². The summed E-state index contributed by atoms with van der Waals surface area (Å²) < 4.78 is 0. The zero-order valence-corrected chi connectivity index (χ0v) is 31.1. The summed E-state index contributed by atoms with van der Waals surface area (Å²) in [5, 5.41) is 0. The van der Waals surface area contributed by atoms with E-state index in [0.717, 1.165) is 22.6 Å². The number of rotatable bonds is 8. The SMILES string of the molecule is C=C(/C=C\C1=C(C)C(C)(C)c2ccccc21)N(c1ccccc1)c1ccccc1-c1cccc2c1-c1ccccc1C2(c1ccccc1)c1ccccc1. The first-order valence-corrected chi connectivity index (χ1v) is 18.9. The van der Waals surface area contributed by atoms with Crippen LogP contribution in [0.1, 0.15) is 54.2 Å². The molecule has 0 saturated carbocycles. The molecule has 1 heteroatoms. The normalized spacial score (nSPS) is 14.8. The van der Waals surface area contributed by atoms with Crippen molar-refractivity contribution in [1.82, 2.24) is 0 Å². The predicted molar refractivity (Wildman–Crippen MR) is 228 cm³/mol. The van der Waals surface area contributed by atoms with Gasteiger partial charge in [0.1, 0.15) is 0 Å². The van der Waals surface area contributed by atoms with Crippen LogP contribution in [0.5, 0.6) is 0 Å². The van der Waals surface area contributed by atoms with Crippen molar-refractivity contribution in [3.8, 4) is 22.3 Å². The van der Waals surface area contributed by atoms with E-state index >= 15 is 0 Å². The van der Waals surface area contributed by atoms with E-state index in [9.17, 15) is 0 Å². The van der Waals surface area contributed by atoms with Gasteiger partial charge in [-0.1, -0.05) is 196 Å². The minimum atomic E-state index is -0.470. The highest BCUT2D eigenvalue weighted by molar-refractivity contribution is 5.99. The highest BCUT2D eigenvalue weighted by Crippen LogP contribution is 2.59. The monoisotopic (exact) mass is 693 g/mol. The smallest absolute Gasteiger partial charge is 0.0713 e. The van der Waals surface area contributed by atoms with Gasteiger partial charge in [-0.3, -0.25) is 0 Å². The zero-order valence-electron chi connectivity index (χ0n) is 31.1. The van der Waals surface area contributed by atoms with Crippen molar-refractivity contribution < 1.29 is 0 Å². The highest BCUT2D eigenvalue weighted by Gasteiger charge is 2.47. The molecule has 9 rings (SSSR count). The average molecular weight is 694 g/mol. The molecule has 0 heterocycles. The standard InChI is InChI=1S/C53H43N/c1-37(35-36-42-38(2)52(3,4)47-31-17-14-27-43(42)47)54(41-25-12-7-13-26-41)50-34-19-16-28-44(50)45-30-20-33-49-51(45)46-29-15-18-32-48(46)53(49,39-21-8-5-9-22-39)40-23-10-6-11-24-40/h5-36H,1H2,2-4H3/b36-35-. The van der Waals surface area contributed by atoms with E-state index in [0.29, 0.717) is 0 Å². The maximum absolute atomic E-state index is 4.75. The van der Waals surface area contributed by atoms with Crippen LogP contribution in [0.4, 0.5) is 11.4 Å². The molecule has 0 amide bonds. The van der Waals surface area contributed by atoms with E-state index in [1.807, 2.05) is 0 Å². The number of para-hydroxylation sites is 2. The van der Waals surface area contributed by atoms with Crippen molar-refractivity contribution in [3.63, 3.8) is 0 Å². The molecule has 0 spiro atoms. The molecule has 0 N–H and O–H groups in total. The zero-order chi connectivity index (χ0) is 36.9. The Morgan fingerprint density at radius 3 is 1.67 bits per heavy atom. The Balaban J connectivity index is 1.24. The predicted octanol–water partition coefficient (Wildman–Crippen LogP) is 13.7. The van der Waals surface area contributed by atoms with Gasteiger partial charge in [0.2, 0.25) is 0 Å². The Morgan fingerprint density at radius 1 is 0.500 bits per heavy atom. The molecule has 7 aromatic rings. The molecule has 54 heavy (non-hydrogen) atoms. The third kappa shape index (κ3) is 5.07. The molecule has 0 saturated heterocycles. The van der Waals surface area contributed by atoms with Crippen molar-refractivity contribution in [2.75, 3.05) is 4.90 Å². The fraction of sp³-hybridized carbons (Fsp3) is 0.0943. The van der Waals surface area contributed by atoms with Crippen molar-refractivity contribution in [2.45, 2.75) is 31.6 Å². The van der Waals surface area contributed by atoms with E-state index in [1.54, 1.807) is 0 Å². The van der Waals surface area contributed by atoms with E-state index in [2.05, 4.69) is 220 Å². The van der Waals surface area contributed by atoms with E-state index in [-0.39, 0.29) is 5.41 Å². The minimum absolute atomic E-state index is 0.0258.